The molecule has 0 bridgehead atoms. The van der Waals surface area contributed by atoms with Crippen molar-refractivity contribution >= 4 is 11.6 Å². The summed E-state index contributed by atoms with van der Waals surface area (Å²) in [5.74, 6) is 0.129. The molecule has 2 aromatic carbocycles. The van der Waals surface area contributed by atoms with Crippen molar-refractivity contribution in [3.63, 3.8) is 0 Å². The van der Waals surface area contributed by atoms with E-state index in [0.29, 0.717) is 11.4 Å². The molecule has 0 saturated carbocycles. The van der Waals surface area contributed by atoms with Crippen molar-refractivity contribution in [1.29, 1.82) is 0 Å². The van der Waals surface area contributed by atoms with Crippen LogP contribution in [0.1, 0.15) is 17.2 Å². The average Bonchev–Trinajstić information content (AvgIpc) is 2.77. The molecule has 3 rings (SSSR count). The fraction of sp³-hybridized carbons (Fsp3) is 0.188. The van der Waals surface area contributed by atoms with Gasteiger partial charge in [-0.1, -0.05) is 12.1 Å². The van der Waals surface area contributed by atoms with E-state index in [0.717, 1.165) is 11.1 Å². The zero-order chi connectivity index (χ0) is 15.0. The number of amides is 1. The molecular formula is C16H15FN2O2. The van der Waals surface area contributed by atoms with Gasteiger partial charge in [0.25, 0.3) is 0 Å². The number of hydrogen-bond acceptors (Lipinski definition) is 3. The Kier molecular flexibility index (Phi) is 3.35. The molecule has 1 unspecified atom stereocenters. The molecule has 0 spiro atoms. The van der Waals surface area contributed by atoms with Crippen LogP contribution in [0.2, 0.25) is 0 Å². The highest BCUT2D eigenvalue weighted by Crippen LogP contribution is 2.35. The van der Waals surface area contributed by atoms with Crippen molar-refractivity contribution in [1.82, 2.24) is 5.32 Å². The topological polar surface area (TPSA) is 50.4 Å². The van der Waals surface area contributed by atoms with Gasteiger partial charge in [0.1, 0.15) is 11.8 Å². The lowest BCUT2D eigenvalue weighted by Gasteiger charge is -2.10. The summed E-state index contributed by atoms with van der Waals surface area (Å²) in [5.41, 5.74) is 2.46. The van der Waals surface area contributed by atoms with Crippen molar-refractivity contribution in [3.8, 4) is 11.5 Å². The molecule has 0 aliphatic carbocycles. The van der Waals surface area contributed by atoms with Crippen LogP contribution >= 0.6 is 0 Å². The highest BCUT2D eigenvalue weighted by Gasteiger charge is 2.29. The zero-order valence-electron chi connectivity index (χ0n) is 11.7. The molecule has 4 nitrogen and oxygen atoms in total. The van der Waals surface area contributed by atoms with E-state index < -0.39 is 5.82 Å². The summed E-state index contributed by atoms with van der Waals surface area (Å²) in [7, 11) is 1.73. The van der Waals surface area contributed by atoms with E-state index in [9.17, 15) is 9.18 Å². The number of carbonyl (C=O) groups is 1. The Morgan fingerprint density at radius 2 is 2.05 bits per heavy atom. The Hall–Kier alpha value is -2.40. The Morgan fingerprint density at radius 1 is 1.24 bits per heavy atom. The largest absolute Gasteiger partial charge is 0.454 e. The number of anilines is 1. The van der Waals surface area contributed by atoms with Crippen molar-refractivity contribution in [2.24, 2.45) is 0 Å². The lowest BCUT2D eigenvalue weighted by molar-refractivity contribution is -0.117. The summed E-state index contributed by atoms with van der Waals surface area (Å²) in [6.45, 7) is 1.87. The van der Waals surface area contributed by atoms with Crippen LogP contribution in [0.25, 0.3) is 0 Å². The predicted molar refractivity (Wildman–Crippen MR) is 78.1 cm³/mol. The highest BCUT2D eigenvalue weighted by molar-refractivity contribution is 6.02. The molecule has 2 aromatic rings. The number of ether oxygens (including phenoxy) is 1. The van der Waals surface area contributed by atoms with E-state index in [1.165, 1.54) is 6.07 Å². The standard InChI is InChI=1S/C16H15FN2O2/c1-9-3-6-12(17)14(7-9)21-10-4-5-11-13(8-10)19-16(20)15(11)18-2/h3-8,15,18H,1-2H3,(H,19,20). The molecule has 21 heavy (non-hydrogen) atoms. The zero-order valence-corrected chi connectivity index (χ0v) is 11.7. The summed E-state index contributed by atoms with van der Waals surface area (Å²) >= 11 is 0. The van der Waals surface area contributed by atoms with Crippen LogP contribution in [0, 0.1) is 12.7 Å². The number of carbonyl (C=O) groups excluding carboxylic acids is 1. The van der Waals surface area contributed by atoms with Crippen LogP contribution in [0.3, 0.4) is 0 Å². The minimum Gasteiger partial charge on any atom is -0.454 e. The molecule has 0 radical (unpaired) electrons. The van der Waals surface area contributed by atoms with E-state index in [-0.39, 0.29) is 17.7 Å². The maximum atomic E-state index is 13.7. The summed E-state index contributed by atoms with van der Waals surface area (Å²) in [6, 6.07) is 9.57. The number of nitrogens with one attached hydrogen (secondary N) is 2. The minimum atomic E-state index is -0.418. The first-order chi connectivity index (χ1) is 10.1. The smallest absolute Gasteiger partial charge is 0.246 e. The Morgan fingerprint density at radius 3 is 2.81 bits per heavy atom. The summed E-state index contributed by atoms with van der Waals surface area (Å²) in [6.07, 6.45) is 0. The molecule has 2 N–H and O–H groups in total. The maximum absolute atomic E-state index is 13.7. The number of benzene rings is 2. The van der Waals surface area contributed by atoms with Gasteiger partial charge in [-0.15, -0.1) is 0 Å². The van der Waals surface area contributed by atoms with Gasteiger partial charge in [0, 0.05) is 17.3 Å². The first-order valence-electron chi connectivity index (χ1n) is 6.64. The highest BCUT2D eigenvalue weighted by atomic mass is 19.1. The second kappa shape index (κ2) is 5.18. The number of rotatable bonds is 3. The molecule has 0 fully saturated rings. The molecule has 1 aliphatic heterocycles. The summed E-state index contributed by atoms with van der Waals surface area (Å²) in [5, 5.41) is 5.72. The van der Waals surface area contributed by atoms with Gasteiger partial charge in [0.2, 0.25) is 5.91 Å². The lowest BCUT2D eigenvalue weighted by atomic mass is 10.1. The summed E-state index contributed by atoms with van der Waals surface area (Å²) < 4.78 is 19.3. The molecule has 1 atom stereocenters. The van der Waals surface area contributed by atoms with Gasteiger partial charge < -0.3 is 15.4 Å². The first-order valence-corrected chi connectivity index (χ1v) is 6.64. The van der Waals surface area contributed by atoms with Gasteiger partial charge in [-0.3, -0.25) is 4.79 Å². The van der Waals surface area contributed by atoms with E-state index >= 15 is 0 Å². The fourth-order valence-corrected chi connectivity index (χ4v) is 2.41. The minimum absolute atomic E-state index is 0.105. The van der Waals surface area contributed by atoms with Gasteiger partial charge in [-0.05, 0) is 37.7 Å². The van der Waals surface area contributed by atoms with Crippen LogP contribution in [0.4, 0.5) is 10.1 Å². The molecule has 1 aliphatic rings. The van der Waals surface area contributed by atoms with Crippen molar-refractivity contribution in [3.05, 3.63) is 53.3 Å². The molecule has 0 aromatic heterocycles. The van der Waals surface area contributed by atoms with Crippen LogP contribution in [0.5, 0.6) is 11.5 Å². The molecule has 1 amide bonds. The Labute approximate surface area is 121 Å². The Balaban J connectivity index is 1.90. The average molecular weight is 286 g/mol. The summed E-state index contributed by atoms with van der Waals surface area (Å²) in [4.78, 5) is 11.8. The normalized spacial score (nSPS) is 16.5. The van der Waals surface area contributed by atoms with E-state index in [1.807, 2.05) is 6.92 Å². The van der Waals surface area contributed by atoms with E-state index in [1.54, 1.807) is 37.4 Å². The van der Waals surface area contributed by atoms with Crippen molar-refractivity contribution < 1.29 is 13.9 Å². The molecule has 5 heteroatoms. The van der Waals surface area contributed by atoms with Gasteiger partial charge in [-0.25, -0.2) is 4.39 Å². The molecule has 0 saturated heterocycles. The number of aryl methyl sites for hydroxylation is 1. The van der Waals surface area contributed by atoms with Gasteiger partial charge in [-0.2, -0.15) is 0 Å². The number of halogens is 1. The molecule has 108 valence electrons. The second-order valence-electron chi connectivity index (χ2n) is 5.00. The van der Waals surface area contributed by atoms with Crippen molar-refractivity contribution in [2.45, 2.75) is 13.0 Å². The monoisotopic (exact) mass is 286 g/mol. The van der Waals surface area contributed by atoms with Crippen LogP contribution < -0.4 is 15.4 Å². The first kappa shape index (κ1) is 13.6. The third kappa shape index (κ3) is 2.48. The Bertz CT molecular complexity index is 715. The van der Waals surface area contributed by atoms with Gasteiger partial charge in [0.05, 0.1) is 0 Å². The third-order valence-corrected chi connectivity index (χ3v) is 3.46. The second-order valence-corrected chi connectivity index (χ2v) is 5.00. The predicted octanol–water partition coefficient (Wildman–Crippen LogP) is 3.14. The lowest BCUT2D eigenvalue weighted by Crippen LogP contribution is -2.23. The van der Waals surface area contributed by atoms with E-state index in [2.05, 4.69) is 10.6 Å². The molecule has 1 heterocycles. The third-order valence-electron chi connectivity index (χ3n) is 3.46. The number of fused-ring (bicyclic) bond motifs is 1. The molecular weight excluding hydrogens is 271 g/mol. The maximum Gasteiger partial charge on any atom is 0.246 e. The van der Waals surface area contributed by atoms with Crippen molar-refractivity contribution in [2.75, 3.05) is 12.4 Å². The SMILES string of the molecule is CNC1C(=O)Nc2cc(Oc3cc(C)ccc3F)ccc21. The van der Waals surface area contributed by atoms with Crippen LogP contribution in [0.15, 0.2) is 36.4 Å². The van der Waals surface area contributed by atoms with Crippen LogP contribution in [-0.4, -0.2) is 13.0 Å². The number of hydrogen-bond donors (Lipinski definition) is 2. The van der Waals surface area contributed by atoms with Crippen LogP contribution in [-0.2, 0) is 4.79 Å². The van der Waals surface area contributed by atoms with Gasteiger partial charge >= 0.3 is 0 Å². The van der Waals surface area contributed by atoms with Gasteiger partial charge in [0.15, 0.2) is 11.6 Å². The van der Waals surface area contributed by atoms with E-state index in [4.69, 9.17) is 4.74 Å². The quantitative estimate of drug-likeness (QED) is 0.911. The fourth-order valence-electron chi connectivity index (χ4n) is 2.41. The number of likely N-dealkylation sites (N-methyl/N-ethyl adjacent to an activating group) is 1.